The standard InChI is InChI=1S/C19H15N5O/c1-3-14-7-6-8-15(11-14)21-18(25)13-23(2)19-16(12-20)24-10-5-4-9-17(24)22-19/h1,4-11H,13H2,2H3,(H,21,25). The molecule has 25 heavy (non-hydrogen) atoms. The number of anilines is 2. The summed E-state index contributed by atoms with van der Waals surface area (Å²) < 4.78 is 1.69. The summed E-state index contributed by atoms with van der Waals surface area (Å²) in [7, 11) is 1.72. The molecule has 0 radical (unpaired) electrons. The molecule has 1 aromatic carbocycles. The van der Waals surface area contributed by atoms with Crippen molar-refractivity contribution in [3.63, 3.8) is 0 Å². The van der Waals surface area contributed by atoms with E-state index in [4.69, 9.17) is 6.42 Å². The minimum absolute atomic E-state index is 0.0544. The molecule has 0 atom stereocenters. The average Bonchev–Trinajstić information content (AvgIpc) is 3.00. The zero-order valence-electron chi connectivity index (χ0n) is 13.6. The number of nitrogens with one attached hydrogen (secondary N) is 1. The number of nitriles is 1. The molecule has 6 heteroatoms. The fourth-order valence-corrected chi connectivity index (χ4v) is 2.53. The van der Waals surface area contributed by atoms with Gasteiger partial charge in [-0.15, -0.1) is 6.42 Å². The highest BCUT2D eigenvalue weighted by Crippen LogP contribution is 2.20. The van der Waals surface area contributed by atoms with Crippen molar-refractivity contribution in [1.82, 2.24) is 9.38 Å². The van der Waals surface area contributed by atoms with Crippen LogP contribution in [0.2, 0.25) is 0 Å². The Morgan fingerprint density at radius 3 is 2.96 bits per heavy atom. The van der Waals surface area contributed by atoms with Crippen LogP contribution in [-0.4, -0.2) is 28.9 Å². The van der Waals surface area contributed by atoms with Crippen molar-refractivity contribution in [2.75, 3.05) is 23.8 Å². The van der Waals surface area contributed by atoms with E-state index in [1.165, 1.54) is 0 Å². The molecule has 0 aliphatic heterocycles. The van der Waals surface area contributed by atoms with Crippen LogP contribution < -0.4 is 10.2 Å². The third-order valence-corrected chi connectivity index (χ3v) is 3.67. The Balaban J connectivity index is 1.78. The van der Waals surface area contributed by atoms with Crippen molar-refractivity contribution >= 4 is 23.1 Å². The number of terminal acetylenes is 1. The summed E-state index contributed by atoms with van der Waals surface area (Å²) in [6.07, 6.45) is 7.13. The first-order valence-electron chi connectivity index (χ1n) is 7.57. The maximum absolute atomic E-state index is 12.3. The molecule has 3 aromatic rings. The van der Waals surface area contributed by atoms with Crippen LogP contribution >= 0.6 is 0 Å². The normalized spacial score (nSPS) is 10.0. The second-order valence-electron chi connectivity index (χ2n) is 5.45. The largest absolute Gasteiger partial charge is 0.348 e. The minimum atomic E-state index is -0.224. The fourth-order valence-electron chi connectivity index (χ4n) is 2.53. The summed E-state index contributed by atoms with van der Waals surface area (Å²) in [6.45, 7) is 0.0544. The Bertz CT molecular complexity index is 1020. The smallest absolute Gasteiger partial charge is 0.243 e. The number of hydrogen-bond acceptors (Lipinski definition) is 4. The Labute approximate surface area is 145 Å². The van der Waals surface area contributed by atoms with Crippen LogP contribution in [0.3, 0.4) is 0 Å². The van der Waals surface area contributed by atoms with Gasteiger partial charge in [-0.3, -0.25) is 9.20 Å². The Kier molecular flexibility index (Phi) is 4.36. The van der Waals surface area contributed by atoms with E-state index in [1.54, 1.807) is 46.8 Å². The van der Waals surface area contributed by atoms with E-state index in [0.717, 1.165) is 0 Å². The number of likely N-dealkylation sites (N-methyl/N-ethyl adjacent to an activating group) is 1. The van der Waals surface area contributed by atoms with Crippen LogP contribution in [0.15, 0.2) is 48.7 Å². The average molecular weight is 329 g/mol. The number of nitrogens with zero attached hydrogens (tertiary/aromatic N) is 4. The number of pyridine rings is 1. The maximum atomic E-state index is 12.3. The highest BCUT2D eigenvalue weighted by molar-refractivity contribution is 5.94. The second kappa shape index (κ2) is 6.77. The minimum Gasteiger partial charge on any atom is -0.348 e. The molecule has 2 aromatic heterocycles. The van der Waals surface area contributed by atoms with Crippen molar-refractivity contribution in [2.45, 2.75) is 0 Å². The lowest BCUT2D eigenvalue weighted by Crippen LogP contribution is -2.30. The topological polar surface area (TPSA) is 73.4 Å². The van der Waals surface area contributed by atoms with E-state index < -0.39 is 0 Å². The molecule has 0 aliphatic carbocycles. The van der Waals surface area contributed by atoms with E-state index in [0.29, 0.717) is 28.4 Å². The molecule has 0 bridgehead atoms. The zero-order chi connectivity index (χ0) is 17.8. The monoisotopic (exact) mass is 329 g/mol. The number of benzene rings is 1. The van der Waals surface area contributed by atoms with Gasteiger partial charge in [-0.05, 0) is 30.3 Å². The van der Waals surface area contributed by atoms with Crippen LogP contribution in [-0.2, 0) is 4.79 Å². The number of amides is 1. The highest BCUT2D eigenvalue weighted by atomic mass is 16.2. The number of fused-ring (bicyclic) bond motifs is 1. The van der Waals surface area contributed by atoms with Gasteiger partial charge in [0.1, 0.15) is 11.7 Å². The van der Waals surface area contributed by atoms with Gasteiger partial charge in [0.15, 0.2) is 11.5 Å². The van der Waals surface area contributed by atoms with Crippen LogP contribution in [0, 0.1) is 23.7 Å². The molecule has 6 nitrogen and oxygen atoms in total. The number of carbonyl (C=O) groups excluding carboxylic acids is 1. The molecule has 3 rings (SSSR count). The van der Waals surface area contributed by atoms with Gasteiger partial charge in [-0.25, -0.2) is 4.98 Å². The molecule has 0 unspecified atom stereocenters. The lowest BCUT2D eigenvalue weighted by atomic mass is 10.2. The van der Waals surface area contributed by atoms with Crippen molar-refractivity contribution in [1.29, 1.82) is 5.26 Å². The second-order valence-corrected chi connectivity index (χ2v) is 5.45. The van der Waals surface area contributed by atoms with Crippen LogP contribution in [0.25, 0.3) is 5.65 Å². The molecule has 122 valence electrons. The van der Waals surface area contributed by atoms with Crippen molar-refractivity contribution < 1.29 is 4.79 Å². The number of imidazole rings is 1. The summed E-state index contributed by atoms with van der Waals surface area (Å²) >= 11 is 0. The predicted molar refractivity (Wildman–Crippen MR) is 96.2 cm³/mol. The van der Waals surface area contributed by atoms with Gasteiger partial charge in [-0.1, -0.05) is 18.1 Å². The van der Waals surface area contributed by atoms with Crippen molar-refractivity contribution in [3.05, 3.63) is 59.9 Å². The lowest BCUT2D eigenvalue weighted by molar-refractivity contribution is -0.114. The van der Waals surface area contributed by atoms with E-state index in [1.807, 2.05) is 18.2 Å². The van der Waals surface area contributed by atoms with Gasteiger partial charge in [-0.2, -0.15) is 5.26 Å². The van der Waals surface area contributed by atoms with E-state index >= 15 is 0 Å². The number of carbonyl (C=O) groups is 1. The molecule has 0 saturated heterocycles. The molecule has 0 fully saturated rings. The van der Waals surface area contributed by atoms with Crippen LogP contribution in [0.4, 0.5) is 11.5 Å². The number of hydrogen-bond donors (Lipinski definition) is 1. The summed E-state index contributed by atoms with van der Waals surface area (Å²) in [6, 6.07) is 14.7. The summed E-state index contributed by atoms with van der Waals surface area (Å²) in [5.74, 6) is 2.76. The predicted octanol–water partition coefficient (Wildman–Crippen LogP) is 2.26. The Morgan fingerprint density at radius 1 is 1.36 bits per heavy atom. The van der Waals surface area contributed by atoms with Gasteiger partial charge < -0.3 is 10.2 Å². The molecule has 0 aliphatic rings. The SMILES string of the molecule is C#Cc1cccc(NC(=O)CN(C)c2nc3ccccn3c2C#N)c1. The lowest BCUT2D eigenvalue weighted by Gasteiger charge is -2.16. The molecule has 0 spiro atoms. The highest BCUT2D eigenvalue weighted by Gasteiger charge is 2.17. The summed E-state index contributed by atoms with van der Waals surface area (Å²) in [5, 5.41) is 12.2. The first-order chi connectivity index (χ1) is 12.1. The Morgan fingerprint density at radius 2 is 2.20 bits per heavy atom. The van der Waals surface area contributed by atoms with E-state index in [2.05, 4.69) is 22.3 Å². The Hall–Kier alpha value is -3.77. The van der Waals surface area contributed by atoms with Gasteiger partial charge in [0, 0.05) is 24.5 Å². The van der Waals surface area contributed by atoms with Gasteiger partial charge >= 0.3 is 0 Å². The van der Waals surface area contributed by atoms with E-state index in [9.17, 15) is 10.1 Å². The van der Waals surface area contributed by atoms with E-state index in [-0.39, 0.29) is 12.5 Å². The molecular weight excluding hydrogens is 314 g/mol. The molecule has 2 heterocycles. The summed E-state index contributed by atoms with van der Waals surface area (Å²) in [4.78, 5) is 18.4. The quantitative estimate of drug-likeness (QED) is 0.745. The third kappa shape index (κ3) is 3.29. The van der Waals surface area contributed by atoms with Crippen LogP contribution in [0.5, 0.6) is 0 Å². The molecule has 0 saturated carbocycles. The van der Waals surface area contributed by atoms with Crippen molar-refractivity contribution in [3.8, 4) is 18.4 Å². The van der Waals surface area contributed by atoms with Crippen molar-refractivity contribution in [2.24, 2.45) is 0 Å². The first kappa shape index (κ1) is 16.1. The molecule has 1 N–H and O–H groups in total. The molecule has 1 amide bonds. The third-order valence-electron chi connectivity index (χ3n) is 3.67. The number of rotatable bonds is 4. The molecular formula is C19H15N5O. The number of aromatic nitrogens is 2. The van der Waals surface area contributed by atoms with Crippen LogP contribution in [0.1, 0.15) is 11.3 Å². The van der Waals surface area contributed by atoms with Gasteiger partial charge in [0.25, 0.3) is 0 Å². The van der Waals surface area contributed by atoms with Gasteiger partial charge in [0.2, 0.25) is 5.91 Å². The first-order valence-corrected chi connectivity index (χ1v) is 7.57. The fraction of sp³-hybridized carbons (Fsp3) is 0.105. The zero-order valence-corrected chi connectivity index (χ0v) is 13.6. The maximum Gasteiger partial charge on any atom is 0.243 e. The van der Waals surface area contributed by atoms with Gasteiger partial charge in [0.05, 0.1) is 6.54 Å². The summed E-state index contributed by atoms with van der Waals surface area (Å²) in [5.41, 5.74) is 2.37.